The molecule has 0 saturated heterocycles. The third-order valence-corrected chi connectivity index (χ3v) is 3.73. The van der Waals surface area contributed by atoms with Crippen LogP contribution < -0.4 is 0 Å². The van der Waals surface area contributed by atoms with Gasteiger partial charge < -0.3 is 9.84 Å². The lowest BCUT2D eigenvalue weighted by Gasteiger charge is -2.15. The minimum absolute atomic E-state index is 0.223. The zero-order chi connectivity index (χ0) is 10.3. The number of rotatable bonds is 1. The lowest BCUT2D eigenvalue weighted by atomic mass is 9.90. The second-order valence-corrected chi connectivity index (χ2v) is 4.32. The predicted octanol–water partition coefficient (Wildman–Crippen LogP) is 1.12. The first kappa shape index (κ1) is 9.71. The van der Waals surface area contributed by atoms with Gasteiger partial charge in [0, 0.05) is 5.57 Å². The van der Waals surface area contributed by atoms with Gasteiger partial charge in [0.1, 0.15) is 0 Å². The molecule has 14 heavy (non-hydrogen) atoms. The van der Waals surface area contributed by atoms with E-state index in [2.05, 4.69) is 6.92 Å². The van der Waals surface area contributed by atoms with Crippen molar-refractivity contribution in [3.05, 3.63) is 11.6 Å². The molecule has 0 bridgehead atoms. The molecule has 0 spiro atoms. The van der Waals surface area contributed by atoms with Crippen LogP contribution in [0.15, 0.2) is 11.6 Å². The summed E-state index contributed by atoms with van der Waals surface area (Å²) in [5.74, 6) is 0.753. The summed E-state index contributed by atoms with van der Waals surface area (Å²) in [5, 5.41) is 9.70. The van der Waals surface area contributed by atoms with Crippen LogP contribution >= 0.6 is 0 Å². The first-order valence-corrected chi connectivity index (χ1v) is 5.11. The molecule has 0 aromatic carbocycles. The average Bonchev–Trinajstić information content (AvgIpc) is 2.69. The SMILES string of the molecule is COC(=O)C1=CC[C@@H]2[C@H](C)[C@@H](O)C[C@H]12. The van der Waals surface area contributed by atoms with Gasteiger partial charge in [-0.05, 0) is 30.6 Å². The molecule has 3 nitrogen and oxygen atoms in total. The van der Waals surface area contributed by atoms with Crippen molar-refractivity contribution in [2.24, 2.45) is 17.8 Å². The fraction of sp³-hybridized carbons (Fsp3) is 0.727. The number of ether oxygens (including phenoxy) is 1. The summed E-state index contributed by atoms with van der Waals surface area (Å²) in [6, 6.07) is 0. The number of aliphatic hydroxyl groups excluding tert-OH is 1. The van der Waals surface area contributed by atoms with Crippen molar-refractivity contribution in [3.63, 3.8) is 0 Å². The van der Waals surface area contributed by atoms with Crippen molar-refractivity contribution in [1.29, 1.82) is 0 Å². The van der Waals surface area contributed by atoms with Crippen molar-refractivity contribution in [3.8, 4) is 0 Å². The van der Waals surface area contributed by atoms with Crippen LogP contribution in [0.3, 0.4) is 0 Å². The first-order chi connectivity index (χ1) is 6.65. The van der Waals surface area contributed by atoms with E-state index in [0.29, 0.717) is 18.3 Å². The number of carbonyl (C=O) groups excluding carboxylic acids is 1. The predicted molar refractivity (Wildman–Crippen MR) is 51.5 cm³/mol. The number of allylic oxidation sites excluding steroid dienone is 1. The van der Waals surface area contributed by atoms with E-state index < -0.39 is 0 Å². The average molecular weight is 196 g/mol. The van der Waals surface area contributed by atoms with Gasteiger partial charge in [0.05, 0.1) is 13.2 Å². The van der Waals surface area contributed by atoms with Crippen LogP contribution in [0.1, 0.15) is 19.8 Å². The normalized spacial score (nSPS) is 40.6. The van der Waals surface area contributed by atoms with E-state index in [1.165, 1.54) is 7.11 Å². The fourth-order valence-corrected chi connectivity index (χ4v) is 2.80. The molecular weight excluding hydrogens is 180 g/mol. The Bertz CT molecular complexity index is 282. The molecule has 0 radical (unpaired) electrons. The standard InChI is InChI=1S/C11H16O3/c1-6-7-3-4-8(11(13)14-2)9(7)5-10(6)12/h4,6-7,9-10,12H,3,5H2,1-2H3/t6-,7+,9-,10-/m0/s1. The lowest BCUT2D eigenvalue weighted by Crippen LogP contribution is -2.15. The highest BCUT2D eigenvalue weighted by Crippen LogP contribution is 2.47. The molecule has 2 aliphatic carbocycles. The van der Waals surface area contributed by atoms with Crippen LogP contribution in [0.2, 0.25) is 0 Å². The minimum Gasteiger partial charge on any atom is -0.466 e. The van der Waals surface area contributed by atoms with Crippen LogP contribution in [0, 0.1) is 17.8 Å². The summed E-state index contributed by atoms with van der Waals surface area (Å²) in [6.45, 7) is 2.06. The van der Waals surface area contributed by atoms with Gasteiger partial charge in [-0.3, -0.25) is 0 Å². The number of aliphatic hydroxyl groups is 1. The molecule has 0 aromatic rings. The summed E-state index contributed by atoms with van der Waals surface area (Å²) in [5.41, 5.74) is 0.779. The molecule has 0 aromatic heterocycles. The summed E-state index contributed by atoms with van der Waals surface area (Å²) < 4.78 is 4.72. The molecule has 3 heteroatoms. The van der Waals surface area contributed by atoms with E-state index in [-0.39, 0.29) is 18.0 Å². The van der Waals surface area contributed by atoms with Crippen LogP contribution in [0.5, 0.6) is 0 Å². The smallest absolute Gasteiger partial charge is 0.333 e. The zero-order valence-corrected chi connectivity index (χ0v) is 8.56. The van der Waals surface area contributed by atoms with Crippen molar-refractivity contribution >= 4 is 5.97 Å². The Morgan fingerprint density at radius 3 is 3.00 bits per heavy atom. The monoisotopic (exact) mass is 196 g/mol. The minimum atomic E-state index is -0.252. The molecule has 4 atom stereocenters. The largest absolute Gasteiger partial charge is 0.466 e. The number of carbonyl (C=O) groups is 1. The zero-order valence-electron chi connectivity index (χ0n) is 8.56. The summed E-state index contributed by atoms with van der Waals surface area (Å²) in [7, 11) is 1.41. The Labute approximate surface area is 83.8 Å². The van der Waals surface area contributed by atoms with Gasteiger partial charge in [0.25, 0.3) is 0 Å². The van der Waals surface area contributed by atoms with Crippen molar-refractivity contribution in [2.45, 2.75) is 25.9 Å². The van der Waals surface area contributed by atoms with E-state index in [0.717, 1.165) is 12.0 Å². The fourth-order valence-electron chi connectivity index (χ4n) is 2.80. The summed E-state index contributed by atoms with van der Waals surface area (Å²) in [4.78, 5) is 11.4. The summed E-state index contributed by atoms with van der Waals surface area (Å²) in [6.07, 6.45) is 3.35. The Morgan fingerprint density at radius 1 is 1.64 bits per heavy atom. The summed E-state index contributed by atoms with van der Waals surface area (Å²) >= 11 is 0. The van der Waals surface area contributed by atoms with Crippen molar-refractivity contribution < 1.29 is 14.6 Å². The molecule has 0 aliphatic heterocycles. The molecule has 0 heterocycles. The quantitative estimate of drug-likeness (QED) is 0.639. The number of hydrogen-bond donors (Lipinski definition) is 1. The van der Waals surface area contributed by atoms with E-state index >= 15 is 0 Å². The molecular formula is C11H16O3. The number of methoxy groups -OCH3 is 1. The number of esters is 1. The Hall–Kier alpha value is -0.830. The molecule has 2 rings (SSSR count). The highest BCUT2D eigenvalue weighted by molar-refractivity contribution is 5.89. The van der Waals surface area contributed by atoms with Gasteiger partial charge >= 0.3 is 5.97 Å². The highest BCUT2D eigenvalue weighted by atomic mass is 16.5. The van der Waals surface area contributed by atoms with Gasteiger partial charge in [-0.25, -0.2) is 4.79 Å². The van der Waals surface area contributed by atoms with E-state index in [9.17, 15) is 9.90 Å². The molecule has 0 amide bonds. The Balaban J connectivity index is 2.15. The highest BCUT2D eigenvalue weighted by Gasteiger charge is 2.45. The van der Waals surface area contributed by atoms with Crippen molar-refractivity contribution in [1.82, 2.24) is 0 Å². The molecule has 1 N–H and O–H groups in total. The Morgan fingerprint density at radius 2 is 2.36 bits per heavy atom. The lowest BCUT2D eigenvalue weighted by molar-refractivity contribution is -0.136. The Kier molecular flexibility index (Phi) is 2.35. The van der Waals surface area contributed by atoms with Gasteiger partial charge in [-0.1, -0.05) is 13.0 Å². The van der Waals surface area contributed by atoms with E-state index in [1.54, 1.807) is 0 Å². The van der Waals surface area contributed by atoms with Crippen molar-refractivity contribution in [2.75, 3.05) is 7.11 Å². The topological polar surface area (TPSA) is 46.5 Å². The molecule has 2 aliphatic rings. The second-order valence-electron chi connectivity index (χ2n) is 4.32. The first-order valence-electron chi connectivity index (χ1n) is 5.11. The van der Waals surface area contributed by atoms with Crippen LogP contribution in [-0.4, -0.2) is 24.3 Å². The van der Waals surface area contributed by atoms with Gasteiger partial charge in [-0.2, -0.15) is 0 Å². The third-order valence-electron chi connectivity index (χ3n) is 3.73. The van der Waals surface area contributed by atoms with Gasteiger partial charge in [0.2, 0.25) is 0 Å². The van der Waals surface area contributed by atoms with Crippen LogP contribution in [-0.2, 0) is 9.53 Å². The second kappa shape index (κ2) is 3.39. The number of fused-ring (bicyclic) bond motifs is 1. The third kappa shape index (κ3) is 1.27. The van der Waals surface area contributed by atoms with E-state index in [4.69, 9.17) is 4.74 Å². The maximum atomic E-state index is 11.4. The maximum absolute atomic E-state index is 11.4. The molecule has 78 valence electrons. The molecule has 1 fully saturated rings. The maximum Gasteiger partial charge on any atom is 0.333 e. The molecule has 1 saturated carbocycles. The number of hydrogen-bond acceptors (Lipinski definition) is 3. The van der Waals surface area contributed by atoms with E-state index in [1.807, 2.05) is 6.08 Å². The van der Waals surface area contributed by atoms with Crippen LogP contribution in [0.4, 0.5) is 0 Å². The van der Waals surface area contributed by atoms with Crippen LogP contribution in [0.25, 0.3) is 0 Å². The molecule has 0 unspecified atom stereocenters. The van der Waals surface area contributed by atoms with Gasteiger partial charge in [0.15, 0.2) is 0 Å². The van der Waals surface area contributed by atoms with Gasteiger partial charge in [-0.15, -0.1) is 0 Å².